The van der Waals surface area contributed by atoms with Gasteiger partial charge in [-0.05, 0) is 17.0 Å². The summed E-state index contributed by atoms with van der Waals surface area (Å²) in [5.74, 6) is 0.491. The summed E-state index contributed by atoms with van der Waals surface area (Å²) >= 11 is 0. The Bertz CT molecular complexity index is 552. The molecule has 0 aliphatic heterocycles. The van der Waals surface area contributed by atoms with Crippen LogP contribution in [-0.2, 0) is 13.1 Å². The number of benzene rings is 2. The molecule has 2 rings (SSSR count). The van der Waals surface area contributed by atoms with Crippen molar-refractivity contribution in [1.82, 2.24) is 4.90 Å². The van der Waals surface area contributed by atoms with Gasteiger partial charge in [-0.3, -0.25) is 4.90 Å². The molecule has 24 heavy (non-hydrogen) atoms. The van der Waals surface area contributed by atoms with Gasteiger partial charge < -0.3 is 5.11 Å². The second-order valence-electron chi connectivity index (χ2n) is 6.69. The van der Waals surface area contributed by atoms with Crippen molar-refractivity contribution in [2.24, 2.45) is 11.8 Å². The lowest BCUT2D eigenvalue weighted by atomic mass is 9.88. The fourth-order valence-corrected chi connectivity index (χ4v) is 3.41. The second-order valence-corrected chi connectivity index (χ2v) is 6.69. The molecule has 0 radical (unpaired) electrons. The van der Waals surface area contributed by atoms with E-state index < -0.39 is 0 Å². The molecule has 2 atom stereocenters. The summed E-state index contributed by atoms with van der Waals surface area (Å²) in [6.07, 6.45) is 1.90. The van der Waals surface area contributed by atoms with Crippen LogP contribution in [0.25, 0.3) is 0 Å². The Kier molecular flexibility index (Phi) is 7.23. The molecule has 0 aliphatic rings. The zero-order valence-corrected chi connectivity index (χ0v) is 14.8. The van der Waals surface area contributed by atoms with Crippen molar-refractivity contribution in [1.29, 1.82) is 0 Å². The van der Waals surface area contributed by atoms with Crippen molar-refractivity contribution in [2.75, 3.05) is 6.61 Å². The van der Waals surface area contributed by atoms with E-state index in [1.165, 1.54) is 11.1 Å². The minimum atomic E-state index is 0.0671. The van der Waals surface area contributed by atoms with Gasteiger partial charge in [0.2, 0.25) is 0 Å². The number of hydrogen-bond acceptors (Lipinski definition) is 2. The number of aliphatic hydroxyl groups excluding tert-OH is 1. The molecule has 0 aromatic heterocycles. The zero-order chi connectivity index (χ0) is 17.4. The highest BCUT2D eigenvalue weighted by molar-refractivity contribution is 5.17. The molecule has 0 aliphatic carbocycles. The summed E-state index contributed by atoms with van der Waals surface area (Å²) in [5, 5.41) is 9.83. The van der Waals surface area contributed by atoms with Crippen LogP contribution in [0.5, 0.6) is 0 Å². The van der Waals surface area contributed by atoms with E-state index in [1.54, 1.807) is 0 Å². The molecule has 2 nitrogen and oxygen atoms in total. The molecule has 2 aromatic carbocycles. The van der Waals surface area contributed by atoms with Crippen molar-refractivity contribution in [3.63, 3.8) is 0 Å². The minimum absolute atomic E-state index is 0.0671. The van der Waals surface area contributed by atoms with Crippen molar-refractivity contribution in [3.8, 4) is 0 Å². The number of hydrogen-bond donors (Lipinski definition) is 1. The molecule has 128 valence electrons. The first kappa shape index (κ1) is 18.4. The van der Waals surface area contributed by atoms with E-state index in [1.807, 2.05) is 18.2 Å². The van der Waals surface area contributed by atoms with E-state index in [2.05, 4.69) is 73.9 Å². The summed E-state index contributed by atoms with van der Waals surface area (Å²) < 4.78 is 0. The molecule has 0 spiro atoms. The van der Waals surface area contributed by atoms with Crippen LogP contribution in [0.4, 0.5) is 0 Å². The van der Waals surface area contributed by atoms with Crippen molar-refractivity contribution >= 4 is 0 Å². The van der Waals surface area contributed by atoms with Crippen LogP contribution < -0.4 is 0 Å². The fourth-order valence-electron chi connectivity index (χ4n) is 3.41. The Hall–Kier alpha value is -1.90. The summed E-state index contributed by atoms with van der Waals surface area (Å²) in [4.78, 5) is 2.47. The highest BCUT2D eigenvalue weighted by Gasteiger charge is 2.28. The van der Waals surface area contributed by atoms with Crippen LogP contribution in [0, 0.1) is 11.8 Å². The van der Waals surface area contributed by atoms with Gasteiger partial charge in [-0.1, -0.05) is 80.6 Å². The van der Waals surface area contributed by atoms with E-state index in [0.29, 0.717) is 5.92 Å². The lowest BCUT2D eigenvalue weighted by molar-refractivity contribution is 0.0750. The van der Waals surface area contributed by atoms with Gasteiger partial charge in [0.1, 0.15) is 0 Å². The molecule has 0 fully saturated rings. The Morgan fingerprint density at radius 2 is 1.38 bits per heavy atom. The zero-order valence-electron chi connectivity index (χ0n) is 14.8. The van der Waals surface area contributed by atoms with Crippen LogP contribution >= 0.6 is 0 Å². The molecule has 0 amide bonds. The molecule has 0 saturated carbocycles. The van der Waals surface area contributed by atoms with Crippen LogP contribution in [0.1, 0.15) is 25.0 Å². The lowest BCUT2D eigenvalue weighted by Gasteiger charge is -2.38. The average Bonchev–Trinajstić information content (AvgIpc) is 2.60. The van der Waals surface area contributed by atoms with Crippen LogP contribution in [-0.4, -0.2) is 22.7 Å². The largest absolute Gasteiger partial charge is 0.396 e. The molecular formula is C22H29NO. The third-order valence-electron chi connectivity index (χ3n) is 4.51. The number of aliphatic hydroxyl groups is 1. The van der Waals surface area contributed by atoms with E-state index in [-0.39, 0.29) is 18.6 Å². The first-order valence-corrected chi connectivity index (χ1v) is 8.71. The third-order valence-corrected chi connectivity index (χ3v) is 4.51. The molecule has 2 aromatic rings. The summed E-state index contributed by atoms with van der Waals surface area (Å²) in [5.41, 5.74) is 2.58. The fraction of sp³-hybridized carbons (Fsp3) is 0.364. The van der Waals surface area contributed by atoms with Crippen molar-refractivity contribution in [2.45, 2.75) is 33.0 Å². The predicted octanol–water partition coefficient (Wildman–Crippen LogP) is 4.51. The molecule has 0 saturated heterocycles. The van der Waals surface area contributed by atoms with Crippen molar-refractivity contribution < 1.29 is 5.11 Å². The van der Waals surface area contributed by atoms with Crippen LogP contribution in [0.3, 0.4) is 0 Å². The maximum absolute atomic E-state index is 9.83. The van der Waals surface area contributed by atoms with Gasteiger partial charge >= 0.3 is 0 Å². The maximum atomic E-state index is 9.83. The Labute approximate surface area is 146 Å². The monoisotopic (exact) mass is 323 g/mol. The average molecular weight is 323 g/mol. The molecule has 0 heterocycles. The summed E-state index contributed by atoms with van der Waals surface area (Å²) in [6.45, 7) is 10.2. The van der Waals surface area contributed by atoms with Gasteiger partial charge in [-0.2, -0.15) is 0 Å². The Balaban J connectivity index is 2.30. The first-order valence-electron chi connectivity index (χ1n) is 8.71. The van der Waals surface area contributed by atoms with Gasteiger partial charge in [-0.25, -0.2) is 0 Å². The molecule has 0 unspecified atom stereocenters. The summed E-state index contributed by atoms with van der Waals surface area (Å²) in [7, 11) is 0. The highest BCUT2D eigenvalue weighted by Crippen LogP contribution is 2.25. The normalized spacial score (nSPS) is 13.9. The van der Waals surface area contributed by atoms with E-state index in [0.717, 1.165) is 13.1 Å². The topological polar surface area (TPSA) is 23.5 Å². The number of rotatable bonds is 9. The van der Waals surface area contributed by atoms with Crippen LogP contribution in [0.2, 0.25) is 0 Å². The maximum Gasteiger partial charge on any atom is 0.0508 e. The van der Waals surface area contributed by atoms with Crippen LogP contribution in [0.15, 0.2) is 73.3 Å². The molecule has 0 bridgehead atoms. The van der Waals surface area contributed by atoms with E-state index in [9.17, 15) is 5.11 Å². The summed E-state index contributed by atoms with van der Waals surface area (Å²) in [6, 6.07) is 21.3. The lowest BCUT2D eigenvalue weighted by Crippen LogP contribution is -2.44. The first-order chi connectivity index (χ1) is 11.7. The van der Waals surface area contributed by atoms with Crippen molar-refractivity contribution in [3.05, 3.63) is 84.4 Å². The van der Waals surface area contributed by atoms with Gasteiger partial charge in [-0.15, -0.1) is 6.58 Å². The van der Waals surface area contributed by atoms with E-state index >= 15 is 0 Å². The molecule has 1 N–H and O–H groups in total. The predicted molar refractivity (Wildman–Crippen MR) is 102 cm³/mol. The smallest absolute Gasteiger partial charge is 0.0508 e. The molecular weight excluding hydrogens is 294 g/mol. The standard InChI is InChI=1S/C22H29NO/c1-4-21(17-24)22(18(2)3)23(15-19-11-7-5-8-12-19)16-20-13-9-6-10-14-20/h4-14,18,21-22,24H,1,15-17H2,2-3H3/t21-,22+/m1/s1. The van der Waals surface area contributed by atoms with Gasteiger partial charge in [0.15, 0.2) is 0 Å². The Morgan fingerprint density at radius 1 is 0.917 bits per heavy atom. The Morgan fingerprint density at radius 3 is 1.71 bits per heavy atom. The van der Waals surface area contributed by atoms with Gasteiger partial charge in [0, 0.05) is 25.0 Å². The second kappa shape index (κ2) is 9.41. The SMILES string of the molecule is C=C[C@H](CO)[C@H](C(C)C)N(Cc1ccccc1)Cc1ccccc1. The quantitative estimate of drug-likeness (QED) is 0.686. The highest BCUT2D eigenvalue weighted by atomic mass is 16.3. The minimum Gasteiger partial charge on any atom is -0.396 e. The van der Waals surface area contributed by atoms with Gasteiger partial charge in [0.05, 0.1) is 6.61 Å². The third kappa shape index (κ3) is 5.05. The van der Waals surface area contributed by atoms with E-state index in [4.69, 9.17) is 0 Å². The molecule has 2 heteroatoms. The number of nitrogens with zero attached hydrogens (tertiary/aromatic N) is 1. The van der Waals surface area contributed by atoms with Gasteiger partial charge in [0.25, 0.3) is 0 Å².